The highest BCUT2D eigenvalue weighted by molar-refractivity contribution is 5.95. The van der Waals surface area contributed by atoms with E-state index >= 15 is 0 Å². The molecule has 0 aliphatic carbocycles. The molecule has 2 atom stereocenters. The Morgan fingerprint density at radius 1 is 1.26 bits per heavy atom. The first-order valence-electron chi connectivity index (χ1n) is 11.3. The van der Waals surface area contributed by atoms with Gasteiger partial charge in [0.1, 0.15) is 11.9 Å². The Morgan fingerprint density at radius 3 is 2.88 bits per heavy atom. The number of carbonyl (C=O) groups excluding carboxylic acids is 1. The standard InChI is InChI=1S/C26H30FN5O2/c1-28-26(33)17-9-10-24(25(14-17)34-3)29-12-5-6-18-15-19-21(30-18)7-4-8-22(19)31-23-11-13-32(2)16-20(23)27/h4,7-10,14-15,20,23,29-31H,11-13,16H2,1-3H3,(H,28,33)/t20-,23+/m0/s1. The number of fused-ring (bicyclic) bond motifs is 1. The van der Waals surface area contributed by atoms with Gasteiger partial charge in [-0.3, -0.25) is 4.79 Å². The van der Waals surface area contributed by atoms with Crippen LogP contribution in [0.4, 0.5) is 15.8 Å². The molecule has 1 saturated heterocycles. The van der Waals surface area contributed by atoms with E-state index in [9.17, 15) is 9.18 Å². The normalized spacial score (nSPS) is 18.1. The van der Waals surface area contributed by atoms with Crippen LogP contribution in [0.15, 0.2) is 42.5 Å². The first-order chi connectivity index (χ1) is 16.5. The summed E-state index contributed by atoms with van der Waals surface area (Å²) in [6, 6.07) is 12.9. The largest absolute Gasteiger partial charge is 0.495 e. The number of rotatable bonds is 6. The number of nitrogens with zero attached hydrogens (tertiary/aromatic N) is 1. The van der Waals surface area contributed by atoms with E-state index in [4.69, 9.17) is 4.74 Å². The second-order valence-corrected chi connectivity index (χ2v) is 8.42. The molecule has 0 radical (unpaired) electrons. The Morgan fingerprint density at radius 2 is 2.12 bits per heavy atom. The van der Waals surface area contributed by atoms with Crippen molar-refractivity contribution in [2.24, 2.45) is 0 Å². The SMILES string of the molecule is CNC(=O)c1ccc(NCC#Cc2cc3c(N[C@@H]4CCN(C)C[C@@H]4F)cccc3[nH]2)c(OC)c1. The van der Waals surface area contributed by atoms with Gasteiger partial charge < -0.3 is 30.6 Å². The molecule has 0 unspecified atom stereocenters. The molecule has 1 fully saturated rings. The molecule has 2 heterocycles. The summed E-state index contributed by atoms with van der Waals surface area (Å²) in [5.74, 6) is 6.66. The molecule has 2 aromatic carbocycles. The Kier molecular flexibility index (Phi) is 7.24. The topological polar surface area (TPSA) is 81.4 Å². The van der Waals surface area contributed by atoms with Gasteiger partial charge in [0.25, 0.3) is 5.91 Å². The average Bonchev–Trinajstić information content (AvgIpc) is 3.27. The summed E-state index contributed by atoms with van der Waals surface area (Å²) in [7, 11) is 5.10. The molecule has 1 amide bonds. The summed E-state index contributed by atoms with van der Waals surface area (Å²) < 4.78 is 19.9. The van der Waals surface area contributed by atoms with E-state index in [1.165, 1.54) is 0 Å². The number of aromatic amines is 1. The van der Waals surface area contributed by atoms with Crippen molar-refractivity contribution in [1.29, 1.82) is 0 Å². The van der Waals surface area contributed by atoms with Crippen molar-refractivity contribution < 1.29 is 13.9 Å². The number of halogens is 1. The third-order valence-corrected chi connectivity index (χ3v) is 6.03. The Balaban J connectivity index is 1.44. The zero-order valence-corrected chi connectivity index (χ0v) is 19.7. The van der Waals surface area contributed by atoms with Crippen molar-refractivity contribution in [3.05, 3.63) is 53.7 Å². The van der Waals surface area contributed by atoms with Gasteiger partial charge in [-0.05, 0) is 55.8 Å². The molecule has 4 N–H and O–H groups in total. The summed E-state index contributed by atoms with van der Waals surface area (Å²) in [6.45, 7) is 1.73. The quantitative estimate of drug-likeness (QED) is 0.421. The fraction of sp³-hybridized carbons (Fsp3) is 0.346. The monoisotopic (exact) mass is 463 g/mol. The molecular weight excluding hydrogens is 433 g/mol. The minimum absolute atomic E-state index is 0.171. The molecule has 3 aromatic rings. The minimum Gasteiger partial charge on any atom is -0.495 e. The number of anilines is 2. The number of hydrogen-bond donors (Lipinski definition) is 4. The molecule has 1 aromatic heterocycles. The van der Waals surface area contributed by atoms with Crippen molar-refractivity contribution in [3.8, 4) is 17.6 Å². The molecule has 0 spiro atoms. The van der Waals surface area contributed by atoms with Crippen molar-refractivity contribution >= 4 is 28.2 Å². The maximum Gasteiger partial charge on any atom is 0.251 e. The second kappa shape index (κ2) is 10.5. The summed E-state index contributed by atoms with van der Waals surface area (Å²) >= 11 is 0. The summed E-state index contributed by atoms with van der Waals surface area (Å²) in [5.41, 5.74) is 3.94. The number of likely N-dealkylation sites (tertiary alicyclic amines) is 1. The lowest BCUT2D eigenvalue weighted by Gasteiger charge is -2.33. The molecule has 0 saturated carbocycles. The first kappa shape index (κ1) is 23.5. The number of ether oxygens (including phenoxy) is 1. The first-order valence-corrected chi connectivity index (χ1v) is 11.3. The van der Waals surface area contributed by atoms with Gasteiger partial charge >= 0.3 is 0 Å². The van der Waals surface area contributed by atoms with E-state index in [-0.39, 0.29) is 11.9 Å². The van der Waals surface area contributed by atoms with Crippen molar-refractivity contribution in [3.63, 3.8) is 0 Å². The molecule has 178 valence electrons. The van der Waals surface area contributed by atoms with Gasteiger partial charge in [-0.2, -0.15) is 0 Å². The molecule has 1 aliphatic heterocycles. The number of benzene rings is 2. The van der Waals surface area contributed by atoms with Crippen LogP contribution < -0.4 is 20.7 Å². The molecule has 0 bridgehead atoms. The van der Waals surface area contributed by atoms with Crippen molar-refractivity contribution in [2.75, 3.05) is 51.5 Å². The maximum absolute atomic E-state index is 14.5. The van der Waals surface area contributed by atoms with E-state index in [1.807, 2.05) is 36.2 Å². The highest BCUT2D eigenvalue weighted by Gasteiger charge is 2.27. The van der Waals surface area contributed by atoms with E-state index in [2.05, 4.69) is 32.8 Å². The van der Waals surface area contributed by atoms with E-state index in [0.29, 0.717) is 24.4 Å². The Labute approximate surface area is 199 Å². The van der Waals surface area contributed by atoms with Gasteiger partial charge in [0.2, 0.25) is 0 Å². The van der Waals surface area contributed by atoms with E-state index < -0.39 is 6.17 Å². The lowest BCUT2D eigenvalue weighted by Crippen LogP contribution is -2.46. The van der Waals surface area contributed by atoms with E-state index in [1.54, 1.807) is 32.4 Å². The predicted molar refractivity (Wildman–Crippen MR) is 134 cm³/mol. The van der Waals surface area contributed by atoms with Crippen LogP contribution in [0.3, 0.4) is 0 Å². The van der Waals surface area contributed by atoms with Gasteiger partial charge in [-0.25, -0.2) is 4.39 Å². The van der Waals surface area contributed by atoms with Gasteiger partial charge in [-0.15, -0.1) is 0 Å². The number of piperidine rings is 1. The highest BCUT2D eigenvalue weighted by atomic mass is 19.1. The number of nitrogens with one attached hydrogen (secondary N) is 4. The molecule has 8 heteroatoms. The average molecular weight is 464 g/mol. The number of methoxy groups -OCH3 is 1. The number of hydrogen-bond acceptors (Lipinski definition) is 5. The number of aromatic nitrogens is 1. The van der Waals surface area contributed by atoms with E-state index in [0.717, 1.165) is 40.9 Å². The van der Waals surface area contributed by atoms with Crippen LogP contribution in [-0.2, 0) is 0 Å². The molecule has 34 heavy (non-hydrogen) atoms. The van der Waals surface area contributed by atoms with Gasteiger partial charge in [0.05, 0.1) is 31.1 Å². The van der Waals surface area contributed by atoms with Crippen LogP contribution in [0.25, 0.3) is 10.9 Å². The van der Waals surface area contributed by atoms with Crippen LogP contribution in [0.1, 0.15) is 22.5 Å². The van der Waals surface area contributed by atoms with Crippen molar-refractivity contribution in [1.82, 2.24) is 15.2 Å². The van der Waals surface area contributed by atoms with Crippen LogP contribution in [0.5, 0.6) is 5.75 Å². The fourth-order valence-corrected chi connectivity index (χ4v) is 4.17. The number of amides is 1. The molecule has 1 aliphatic rings. The summed E-state index contributed by atoms with van der Waals surface area (Å²) in [4.78, 5) is 17.2. The molecular formula is C26H30FN5O2. The summed E-state index contributed by atoms with van der Waals surface area (Å²) in [6.07, 6.45) is -0.134. The predicted octanol–water partition coefficient (Wildman–Crippen LogP) is 3.45. The zero-order valence-electron chi connectivity index (χ0n) is 19.7. The van der Waals surface area contributed by atoms with Gasteiger partial charge in [0.15, 0.2) is 0 Å². The van der Waals surface area contributed by atoms with Crippen molar-refractivity contribution in [2.45, 2.75) is 18.6 Å². The minimum atomic E-state index is -0.902. The van der Waals surface area contributed by atoms with Crippen LogP contribution >= 0.6 is 0 Å². The van der Waals surface area contributed by atoms with Crippen LogP contribution in [-0.4, -0.2) is 68.8 Å². The third-order valence-electron chi connectivity index (χ3n) is 6.03. The summed E-state index contributed by atoms with van der Waals surface area (Å²) in [5, 5.41) is 10.2. The number of carbonyl (C=O) groups is 1. The third kappa shape index (κ3) is 5.26. The van der Waals surface area contributed by atoms with Crippen LogP contribution in [0.2, 0.25) is 0 Å². The number of H-pyrrole nitrogens is 1. The molecule has 7 nitrogen and oxygen atoms in total. The lowest BCUT2D eigenvalue weighted by molar-refractivity contribution is 0.0962. The smallest absolute Gasteiger partial charge is 0.251 e. The van der Waals surface area contributed by atoms with Gasteiger partial charge in [-0.1, -0.05) is 12.0 Å². The second-order valence-electron chi connectivity index (χ2n) is 8.42. The van der Waals surface area contributed by atoms with Crippen LogP contribution in [0, 0.1) is 11.8 Å². The fourth-order valence-electron chi connectivity index (χ4n) is 4.17. The maximum atomic E-state index is 14.5. The Hall–Kier alpha value is -3.70. The van der Waals surface area contributed by atoms with Gasteiger partial charge in [0, 0.05) is 42.3 Å². The Bertz CT molecular complexity index is 1230. The zero-order chi connectivity index (χ0) is 24.1. The highest BCUT2D eigenvalue weighted by Crippen LogP contribution is 2.27. The molecule has 4 rings (SSSR count). The lowest BCUT2D eigenvalue weighted by atomic mass is 10.0. The number of alkyl halides is 1.